The van der Waals surface area contributed by atoms with E-state index in [-0.39, 0.29) is 42.7 Å². The zero-order valence-corrected chi connectivity index (χ0v) is 31.8. The van der Waals surface area contributed by atoms with Gasteiger partial charge in [-0.2, -0.15) is 0 Å². The van der Waals surface area contributed by atoms with Gasteiger partial charge in [0, 0.05) is 38.1 Å². The largest absolute Gasteiger partial charge is 0.497 e. The number of Topliss-reactive ketones (excluding diaryl/α,β-unsaturated/α-hetero) is 1. The van der Waals surface area contributed by atoms with Crippen LogP contribution >= 0.6 is 11.3 Å². The standard InChI is InChI=1S/C43H51NO7S/c1-6-51-38(47)44(25-28-11-12-30(49-4)22-32(28)50-5)26-42(48)18-15-36-40(42,3)17-14-35-39(2)16-13-29(45)23-41(39)19-20-43(35,36)31(24-41)37(46)34-21-27-9-7-8-10-33(27)52-34/h7-12,19-22,24,29,35-36,45,48H,6,13-18,23,25-26H2,1-5H3/t29?,35-,36-,39-,40+,41+,42-,43-/m1/s1. The molecular formula is C43H51NO7S. The van der Waals surface area contributed by atoms with Crippen molar-refractivity contribution < 1.29 is 34.0 Å². The van der Waals surface area contributed by atoms with Crippen molar-refractivity contribution >= 4 is 33.3 Å². The highest BCUT2D eigenvalue weighted by Crippen LogP contribution is 2.78. The van der Waals surface area contributed by atoms with Gasteiger partial charge in [0.05, 0.1) is 50.5 Å². The van der Waals surface area contributed by atoms with E-state index in [1.165, 1.54) is 0 Å². The molecule has 0 aliphatic heterocycles. The summed E-state index contributed by atoms with van der Waals surface area (Å²) in [5.74, 6) is 1.45. The molecule has 8 atom stereocenters. The lowest BCUT2D eigenvalue weighted by Crippen LogP contribution is -2.67. The summed E-state index contributed by atoms with van der Waals surface area (Å²) in [7, 11) is 3.19. The molecule has 9 rings (SSSR count). The van der Waals surface area contributed by atoms with E-state index < -0.39 is 34.0 Å². The third kappa shape index (κ3) is 4.91. The molecule has 2 spiro atoms. The Kier molecular flexibility index (Phi) is 8.47. The minimum absolute atomic E-state index is 0.0360. The second kappa shape index (κ2) is 12.5. The topological polar surface area (TPSA) is 106 Å². The van der Waals surface area contributed by atoms with Crippen LogP contribution in [-0.2, 0) is 11.3 Å². The number of aliphatic hydroxyl groups is 2. The van der Waals surface area contributed by atoms with Crippen LogP contribution in [0.1, 0.15) is 81.0 Å². The lowest BCUT2D eigenvalue weighted by Gasteiger charge is -2.71. The number of rotatable bonds is 9. The van der Waals surface area contributed by atoms with E-state index in [0.29, 0.717) is 24.3 Å². The van der Waals surface area contributed by atoms with Crippen molar-refractivity contribution in [1.82, 2.24) is 4.90 Å². The monoisotopic (exact) mass is 725 g/mol. The highest BCUT2D eigenvalue weighted by molar-refractivity contribution is 7.21. The van der Waals surface area contributed by atoms with Crippen molar-refractivity contribution in [2.75, 3.05) is 27.4 Å². The molecule has 8 nitrogen and oxygen atoms in total. The maximum absolute atomic E-state index is 15.1. The van der Waals surface area contributed by atoms with E-state index >= 15 is 4.79 Å². The molecule has 2 N–H and O–H groups in total. The Morgan fingerprint density at radius 1 is 0.942 bits per heavy atom. The molecule has 6 aliphatic carbocycles. The van der Waals surface area contributed by atoms with Gasteiger partial charge in [-0.1, -0.05) is 50.3 Å². The Bertz CT molecular complexity index is 1950. The van der Waals surface area contributed by atoms with Gasteiger partial charge in [0.2, 0.25) is 0 Å². The molecule has 1 unspecified atom stereocenters. The molecule has 52 heavy (non-hydrogen) atoms. The summed E-state index contributed by atoms with van der Waals surface area (Å²) >= 11 is 1.55. The van der Waals surface area contributed by atoms with E-state index in [1.807, 2.05) is 30.3 Å². The number of hydrogen-bond donors (Lipinski definition) is 2. The summed E-state index contributed by atoms with van der Waals surface area (Å²) in [6, 6.07) is 15.7. The van der Waals surface area contributed by atoms with E-state index in [9.17, 15) is 15.0 Å². The van der Waals surface area contributed by atoms with Crippen LogP contribution in [0.2, 0.25) is 0 Å². The molecule has 2 aromatic carbocycles. The number of hydrogen-bond acceptors (Lipinski definition) is 8. The van der Waals surface area contributed by atoms with E-state index in [0.717, 1.165) is 58.2 Å². The Morgan fingerprint density at radius 2 is 1.69 bits per heavy atom. The number of nitrogens with zero attached hydrogens (tertiary/aromatic N) is 1. The van der Waals surface area contributed by atoms with Crippen molar-refractivity contribution in [3.8, 4) is 11.5 Å². The molecular weight excluding hydrogens is 675 g/mol. The highest BCUT2D eigenvalue weighted by atomic mass is 32.1. The van der Waals surface area contributed by atoms with E-state index in [2.05, 4.69) is 44.2 Å². The Morgan fingerprint density at radius 3 is 2.44 bits per heavy atom. The van der Waals surface area contributed by atoms with Gasteiger partial charge in [-0.25, -0.2) is 4.79 Å². The van der Waals surface area contributed by atoms with Crippen LogP contribution in [0.25, 0.3) is 10.1 Å². The van der Waals surface area contributed by atoms with Crippen molar-refractivity contribution in [2.45, 2.75) is 84.0 Å². The van der Waals surface area contributed by atoms with E-state index in [4.69, 9.17) is 14.2 Å². The summed E-state index contributed by atoms with van der Waals surface area (Å²) in [6.45, 7) is 6.89. The number of carbonyl (C=O) groups excluding carboxylic acids is 2. The lowest BCUT2D eigenvalue weighted by atomic mass is 9.32. The number of ether oxygens (including phenoxy) is 3. The van der Waals surface area contributed by atoms with Crippen molar-refractivity contribution in [3.05, 3.63) is 82.8 Å². The molecule has 0 radical (unpaired) electrons. The summed E-state index contributed by atoms with van der Waals surface area (Å²) < 4.78 is 17.8. The van der Waals surface area contributed by atoms with Crippen LogP contribution in [0.3, 0.4) is 0 Å². The van der Waals surface area contributed by atoms with Crippen LogP contribution in [0.5, 0.6) is 11.5 Å². The molecule has 2 bridgehead atoms. The van der Waals surface area contributed by atoms with Crippen LogP contribution < -0.4 is 9.47 Å². The third-order valence-electron chi connectivity index (χ3n) is 14.4. The average Bonchev–Trinajstić information content (AvgIpc) is 3.69. The van der Waals surface area contributed by atoms with Crippen LogP contribution in [-0.4, -0.2) is 66.1 Å². The Hall–Kier alpha value is -3.66. The number of fused-ring (bicyclic) bond motifs is 2. The van der Waals surface area contributed by atoms with Crippen LogP contribution in [0.4, 0.5) is 4.79 Å². The fraction of sp³-hybridized carbons (Fsp3) is 0.535. The molecule has 1 amide bonds. The van der Waals surface area contributed by atoms with Crippen molar-refractivity contribution in [1.29, 1.82) is 0 Å². The first-order valence-corrected chi connectivity index (χ1v) is 19.7. The second-order valence-corrected chi connectivity index (χ2v) is 17.6. The Labute approximate surface area is 310 Å². The molecule has 6 aliphatic rings. The van der Waals surface area contributed by atoms with Crippen molar-refractivity contribution in [2.24, 2.45) is 33.5 Å². The first-order chi connectivity index (χ1) is 24.9. The van der Waals surface area contributed by atoms with Gasteiger partial charge in [0.1, 0.15) is 11.5 Å². The van der Waals surface area contributed by atoms with Gasteiger partial charge in [-0.15, -0.1) is 11.3 Å². The molecule has 3 fully saturated rings. The number of ketones is 1. The SMILES string of the molecule is CCOC(=O)N(Cc1ccc(OC)cc1OC)C[C@]1(O)CC[C@H]2[C@]34C=C[C@@]5(C=C3C(=O)c3cc6ccccc6s3)CC(O)CC[C@]5(C)[C@H]4CC[C@@]21C. The lowest BCUT2D eigenvalue weighted by molar-refractivity contribution is -0.175. The minimum atomic E-state index is -1.24. The number of allylic oxidation sites excluding steroid dienone is 4. The third-order valence-corrected chi connectivity index (χ3v) is 15.6. The van der Waals surface area contributed by atoms with Gasteiger partial charge in [-0.05, 0) is 98.8 Å². The zero-order valence-electron chi connectivity index (χ0n) is 30.9. The normalized spacial score (nSPS) is 35.7. The number of methoxy groups -OCH3 is 2. The van der Waals surface area contributed by atoms with Crippen LogP contribution in [0.15, 0.2) is 72.3 Å². The number of benzene rings is 2. The summed E-state index contributed by atoms with van der Waals surface area (Å²) in [6.07, 6.45) is 11.1. The van der Waals surface area contributed by atoms with Gasteiger partial charge in [0.25, 0.3) is 0 Å². The average molecular weight is 726 g/mol. The molecule has 1 aromatic heterocycles. The molecule has 0 saturated heterocycles. The predicted octanol–water partition coefficient (Wildman–Crippen LogP) is 8.35. The van der Waals surface area contributed by atoms with E-state index in [1.54, 1.807) is 43.4 Å². The molecule has 276 valence electrons. The number of amides is 1. The number of carbonyl (C=O) groups is 2. The Balaban J connectivity index is 1.20. The smallest absolute Gasteiger partial charge is 0.410 e. The fourth-order valence-electron chi connectivity index (χ4n) is 11.7. The van der Waals surface area contributed by atoms with Gasteiger partial charge >= 0.3 is 6.09 Å². The van der Waals surface area contributed by atoms with Gasteiger partial charge in [0.15, 0.2) is 5.78 Å². The number of aliphatic hydroxyl groups excluding tert-OH is 1. The van der Waals surface area contributed by atoms with Crippen molar-refractivity contribution in [3.63, 3.8) is 0 Å². The maximum Gasteiger partial charge on any atom is 0.410 e. The summed E-state index contributed by atoms with van der Waals surface area (Å²) in [5, 5.41) is 25.2. The molecule has 3 aromatic rings. The molecule has 3 saturated carbocycles. The molecule has 9 heteroatoms. The highest BCUT2D eigenvalue weighted by Gasteiger charge is 2.74. The fourth-order valence-corrected chi connectivity index (χ4v) is 12.7. The van der Waals surface area contributed by atoms with Crippen LogP contribution in [0, 0.1) is 33.5 Å². The quantitative estimate of drug-likeness (QED) is 0.169. The summed E-state index contributed by atoms with van der Waals surface area (Å²) in [4.78, 5) is 31.1. The number of thiophene rings is 1. The molecule has 1 heterocycles. The minimum Gasteiger partial charge on any atom is -0.497 e. The maximum atomic E-state index is 15.1. The summed E-state index contributed by atoms with van der Waals surface area (Å²) in [5.41, 5.74) is -1.34. The van der Waals surface area contributed by atoms with Gasteiger partial charge in [-0.3, -0.25) is 4.79 Å². The van der Waals surface area contributed by atoms with Gasteiger partial charge < -0.3 is 29.3 Å². The second-order valence-electron chi connectivity index (χ2n) is 16.5. The first-order valence-electron chi connectivity index (χ1n) is 18.9. The zero-order chi connectivity index (χ0) is 36.7. The first kappa shape index (κ1) is 35.4. The predicted molar refractivity (Wildman–Crippen MR) is 202 cm³/mol.